The number of rotatable bonds is 8. The van der Waals surface area contributed by atoms with E-state index < -0.39 is 11.9 Å². The molecule has 1 unspecified atom stereocenters. The number of fused-ring (bicyclic) bond motifs is 1. The van der Waals surface area contributed by atoms with Gasteiger partial charge in [-0.2, -0.15) is 0 Å². The third kappa shape index (κ3) is 4.76. The molecule has 1 amide bonds. The van der Waals surface area contributed by atoms with E-state index in [4.69, 9.17) is 37.9 Å². The minimum atomic E-state index is -0.616. The smallest absolute Gasteiger partial charge is 0.279 e. The Morgan fingerprint density at radius 1 is 1.12 bits per heavy atom. The van der Waals surface area contributed by atoms with Crippen molar-refractivity contribution in [2.75, 3.05) is 37.1 Å². The van der Waals surface area contributed by atoms with Gasteiger partial charge in [0.2, 0.25) is 5.95 Å². The van der Waals surface area contributed by atoms with Crippen molar-refractivity contribution < 1.29 is 19.0 Å². The molecule has 5 rings (SSSR count). The van der Waals surface area contributed by atoms with Crippen molar-refractivity contribution in [1.82, 2.24) is 19.5 Å². The first-order valence-electron chi connectivity index (χ1n) is 12.6. The van der Waals surface area contributed by atoms with E-state index in [1.165, 1.54) is 25.3 Å². The van der Waals surface area contributed by atoms with E-state index in [2.05, 4.69) is 4.98 Å². The Morgan fingerprint density at radius 2 is 1.85 bits per heavy atom. The number of anilines is 2. The van der Waals surface area contributed by atoms with Gasteiger partial charge in [-0.1, -0.05) is 35.3 Å². The lowest BCUT2D eigenvalue weighted by Gasteiger charge is -2.28. The number of likely N-dealkylation sites (N-methyl/N-ethyl adjacent to an activating group) is 1. The highest BCUT2D eigenvalue weighted by atomic mass is 35.5. The summed E-state index contributed by atoms with van der Waals surface area (Å²) in [5.74, 6) is 0.226. The maximum atomic E-state index is 14.1. The van der Waals surface area contributed by atoms with Gasteiger partial charge in [0, 0.05) is 30.3 Å². The second-order valence-electron chi connectivity index (χ2n) is 9.59. The summed E-state index contributed by atoms with van der Waals surface area (Å²) >= 11 is 12.3. The van der Waals surface area contributed by atoms with Crippen LogP contribution in [0.15, 0.2) is 48.7 Å². The molecule has 0 aliphatic carbocycles. The molecule has 1 atom stereocenters. The van der Waals surface area contributed by atoms with Crippen LogP contribution in [-0.2, 0) is 0 Å². The van der Waals surface area contributed by atoms with Crippen LogP contribution >= 0.6 is 23.2 Å². The van der Waals surface area contributed by atoms with Gasteiger partial charge in [-0.05, 0) is 49.7 Å². The number of methoxy groups -OCH3 is 1. The summed E-state index contributed by atoms with van der Waals surface area (Å²) in [5.41, 5.74) is 2.49. The van der Waals surface area contributed by atoms with Gasteiger partial charge < -0.3 is 19.3 Å². The average molecular weight is 585 g/mol. The van der Waals surface area contributed by atoms with Crippen LogP contribution in [0, 0.1) is 5.82 Å². The van der Waals surface area contributed by atoms with E-state index >= 15 is 0 Å². The summed E-state index contributed by atoms with van der Waals surface area (Å²) in [6.45, 7) is 4.22. The van der Waals surface area contributed by atoms with Gasteiger partial charge in [-0.3, -0.25) is 9.69 Å². The number of aliphatic hydroxyl groups excluding tert-OH is 1. The number of nitrogens with zero attached hydrogens (tertiary/aromatic N) is 6. The largest absolute Gasteiger partial charge is 0.493 e. The van der Waals surface area contributed by atoms with Gasteiger partial charge in [0.15, 0.2) is 23.0 Å². The fourth-order valence-electron chi connectivity index (χ4n) is 4.87. The van der Waals surface area contributed by atoms with Crippen LogP contribution in [0.25, 0.3) is 11.5 Å². The molecule has 2 aromatic heterocycles. The molecule has 1 aliphatic rings. The summed E-state index contributed by atoms with van der Waals surface area (Å²) < 4.78 is 21.6. The van der Waals surface area contributed by atoms with Crippen molar-refractivity contribution in [2.24, 2.45) is 0 Å². The molecule has 0 bridgehead atoms. The fourth-order valence-corrected chi connectivity index (χ4v) is 5.17. The van der Waals surface area contributed by atoms with E-state index in [1.807, 2.05) is 30.5 Å². The number of hydrogen-bond acceptors (Lipinski definition) is 7. The topological polar surface area (TPSA) is 96.6 Å². The van der Waals surface area contributed by atoms with Crippen LogP contribution < -0.4 is 14.5 Å². The molecule has 0 saturated carbocycles. The Morgan fingerprint density at radius 3 is 2.48 bits per heavy atom. The van der Waals surface area contributed by atoms with Crippen molar-refractivity contribution in [2.45, 2.75) is 25.9 Å². The van der Waals surface area contributed by atoms with Gasteiger partial charge in [0.25, 0.3) is 5.91 Å². The summed E-state index contributed by atoms with van der Waals surface area (Å²) in [6, 6.07) is 10.6. The normalized spacial score (nSPS) is 14.7. The molecule has 0 spiro atoms. The molecule has 1 N–H and O–H groups in total. The number of halogens is 3. The maximum absolute atomic E-state index is 14.1. The lowest BCUT2D eigenvalue weighted by atomic mass is 10.0. The van der Waals surface area contributed by atoms with Gasteiger partial charge in [-0.25, -0.2) is 19.3 Å². The number of amides is 1. The molecular weight excluding hydrogens is 558 g/mol. The number of imidazole rings is 1. The predicted molar refractivity (Wildman–Crippen MR) is 152 cm³/mol. The van der Waals surface area contributed by atoms with Crippen LogP contribution in [0.3, 0.4) is 0 Å². The molecule has 0 radical (unpaired) electrons. The van der Waals surface area contributed by atoms with E-state index in [0.29, 0.717) is 46.2 Å². The molecule has 40 heavy (non-hydrogen) atoms. The van der Waals surface area contributed by atoms with Gasteiger partial charge >= 0.3 is 0 Å². The van der Waals surface area contributed by atoms with Crippen molar-refractivity contribution in [3.8, 4) is 17.3 Å². The first kappa shape index (κ1) is 27.8. The zero-order valence-electron chi connectivity index (χ0n) is 22.3. The third-order valence-electron chi connectivity index (χ3n) is 6.72. The number of ether oxygens (including phenoxy) is 1. The van der Waals surface area contributed by atoms with Crippen molar-refractivity contribution in [1.29, 1.82) is 0 Å². The summed E-state index contributed by atoms with van der Waals surface area (Å²) in [4.78, 5) is 31.2. The average Bonchev–Trinajstić information content (AvgIpc) is 3.45. The van der Waals surface area contributed by atoms with Gasteiger partial charge in [0.1, 0.15) is 11.9 Å². The standard InChI is InChI=1S/C28H27Cl2FN6O3/c1-15(2)36-25-23(33-26(36)22-21(40-4)14-32-28(34-22)35(3)11-12-38)27(39)37(18-9-10-20(31)19(30)13-18)24(25)16-5-7-17(29)8-6-16/h5-10,13-15,24,38H,11-12H2,1-4H3. The van der Waals surface area contributed by atoms with Crippen LogP contribution in [0.5, 0.6) is 5.75 Å². The molecule has 2 aromatic carbocycles. The molecule has 12 heteroatoms. The summed E-state index contributed by atoms with van der Waals surface area (Å²) in [5, 5.41) is 9.85. The fraction of sp³-hybridized carbons (Fsp3) is 0.286. The van der Waals surface area contributed by atoms with Crippen molar-refractivity contribution in [3.63, 3.8) is 0 Å². The zero-order valence-corrected chi connectivity index (χ0v) is 23.8. The lowest BCUT2D eigenvalue weighted by Crippen LogP contribution is -2.30. The molecule has 9 nitrogen and oxygen atoms in total. The van der Waals surface area contributed by atoms with E-state index in [0.717, 1.165) is 5.56 Å². The molecule has 1 aliphatic heterocycles. The van der Waals surface area contributed by atoms with Crippen molar-refractivity contribution >= 4 is 40.7 Å². The van der Waals surface area contributed by atoms with Crippen molar-refractivity contribution in [3.05, 3.63) is 81.5 Å². The second-order valence-corrected chi connectivity index (χ2v) is 10.4. The number of benzene rings is 2. The van der Waals surface area contributed by atoms with Crippen LogP contribution in [0.4, 0.5) is 16.0 Å². The van der Waals surface area contributed by atoms with Gasteiger partial charge in [-0.15, -0.1) is 0 Å². The highest BCUT2D eigenvalue weighted by Crippen LogP contribution is 2.46. The van der Waals surface area contributed by atoms with E-state index in [-0.39, 0.29) is 29.3 Å². The SMILES string of the molecule is COc1cnc(N(C)CCO)nc1-c1nc2c(n1C(C)C)C(c1ccc(Cl)cc1)N(c1ccc(F)c(Cl)c1)C2=O. The summed E-state index contributed by atoms with van der Waals surface area (Å²) in [7, 11) is 3.28. The van der Waals surface area contributed by atoms with Crippen LogP contribution in [-0.4, -0.2) is 57.8 Å². The number of carbonyl (C=O) groups is 1. The zero-order chi connectivity index (χ0) is 28.7. The maximum Gasteiger partial charge on any atom is 0.279 e. The number of aliphatic hydroxyl groups is 1. The minimum absolute atomic E-state index is 0.0728. The minimum Gasteiger partial charge on any atom is -0.493 e. The number of carbonyl (C=O) groups excluding carboxylic acids is 1. The molecular formula is C28H27Cl2FN6O3. The van der Waals surface area contributed by atoms with E-state index in [1.54, 1.807) is 35.2 Å². The molecule has 0 fully saturated rings. The molecule has 4 aromatic rings. The second kappa shape index (κ2) is 11.0. The highest BCUT2D eigenvalue weighted by Gasteiger charge is 2.45. The van der Waals surface area contributed by atoms with E-state index in [9.17, 15) is 14.3 Å². The Kier molecular flexibility index (Phi) is 7.67. The first-order chi connectivity index (χ1) is 19.2. The molecule has 3 heterocycles. The third-order valence-corrected chi connectivity index (χ3v) is 7.26. The first-order valence-corrected chi connectivity index (χ1v) is 13.3. The molecule has 208 valence electrons. The Labute approximate surface area is 240 Å². The quantitative estimate of drug-likeness (QED) is 0.290. The predicted octanol–water partition coefficient (Wildman–Crippen LogP) is 5.55. The summed E-state index contributed by atoms with van der Waals surface area (Å²) in [6.07, 6.45) is 1.54. The molecule has 0 saturated heterocycles. The van der Waals surface area contributed by atoms with Crippen LogP contribution in [0.1, 0.15) is 47.7 Å². The Balaban J connectivity index is 1.76. The van der Waals surface area contributed by atoms with Gasteiger partial charge in [0.05, 0.1) is 30.6 Å². The number of aromatic nitrogens is 4. The number of hydrogen-bond donors (Lipinski definition) is 1. The Bertz CT molecular complexity index is 1580. The highest BCUT2D eigenvalue weighted by molar-refractivity contribution is 6.31. The monoisotopic (exact) mass is 584 g/mol. The van der Waals surface area contributed by atoms with Crippen LogP contribution in [0.2, 0.25) is 10.0 Å². The Hall–Kier alpha value is -3.73. The lowest BCUT2D eigenvalue weighted by molar-refractivity contribution is 0.0989.